The number of fused-ring (bicyclic) bond motifs is 2. The van der Waals surface area contributed by atoms with E-state index in [0.29, 0.717) is 30.8 Å². The largest absolute Gasteiger partial charge is 0.491 e. The molecule has 0 heterocycles. The van der Waals surface area contributed by atoms with Gasteiger partial charge in [0.1, 0.15) is 18.2 Å². The molecule has 6 heteroatoms. The van der Waals surface area contributed by atoms with E-state index in [9.17, 15) is 5.11 Å². The second-order valence-electron chi connectivity index (χ2n) is 14.9. The molecule has 0 aromatic heterocycles. The average molecular weight is 750 g/mol. The maximum atomic E-state index is 15.7. The van der Waals surface area contributed by atoms with Gasteiger partial charge in [-0.25, -0.2) is 4.39 Å². The third-order valence-corrected chi connectivity index (χ3v) is 11.5. The first-order valence-corrected chi connectivity index (χ1v) is 19.6. The van der Waals surface area contributed by atoms with Crippen LogP contribution in [0.2, 0.25) is 0 Å². The molecule has 6 aromatic rings. The second kappa shape index (κ2) is 18.5. The molecule has 0 aliphatic heterocycles. The van der Waals surface area contributed by atoms with E-state index in [2.05, 4.69) is 74.2 Å². The molecule has 0 saturated heterocycles. The van der Waals surface area contributed by atoms with E-state index in [4.69, 9.17) is 20.0 Å². The van der Waals surface area contributed by atoms with Crippen LogP contribution in [0.4, 0.5) is 4.39 Å². The second-order valence-corrected chi connectivity index (χ2v) is 14.9. The predicted octanol–water partition coefficient (Wildman–Crippen LogP) is 10.9. The molecular formula is C50H52FNO4. The molecule has 1 fully saturated rings. The topological polar surface area (TPSA) is 82.8 Å². The summed E-state index contributed by atoms with van der Waals surface area (Å²) < 4.78 is 27.9. The Morgan fingerprint density at radius 3 is 2.25 bits per heavy atom. The lowest BCUT2D eigenvalue weighted by Crippen LogP contribution is -2.36. The van der Waals surface area contributed by atoms with Crippen LogP contribution in [-0.2, 0) is 11.2 Å². The van der Waals surface area contributed by atoms with Crippen LogP contribution in [0, 0.1) is 41.3 Å². The number of hydrogen-bond donors (Lipinski definition) is 3. The number of ether oxygens (including phenoxy) is 2. The van der Waals surface area contributed by atoms with Crippen LogP contribution in [0.5, 0.6) is 5.75 Å². The number of hydrogen-bond acceptors (Lipinski definition) is 5. The monoisotopic (exact) mass is 749 g/mol. The Morgan fingerprint density at radius 1 is 0.821 bits per heavy atom. The molecule has 6 aromatic carbocycles. The van der Waals surface area contributed by atoms with E-state index in [1.807, 2.05) is 55.5 Å². The van der Waals surface area contributed by atoms with Gasteiger partial charge in [0, 0.05) is 31.1 Å². The minimum absolute atomic E-state index is 0.143. The molecule has 0 amide bonds. The molecule has 7 rings (SSSR count). The zero-order valence-electron chi connectivity index (χ0n) is 32.9. The summed E-state index contributed by atoms with van der Waals surface area (Å²) in [5, 5.41) is 28.5. The zero-order valence-corrected chi connectivity index (χ0v) is 32.9. The van der Waals surface area contributed by atoms with Crippen molar-refractivity contribution < 1.29 is 24.1 Å². The predicted molar refractivity (Wildman–Crippen MR) is 228 cm³/mol. The van der Waals surface area contributed by atoms with Crippen molar-refractivity contribution in [3.05, 3.63) is 137 Å². The summed E-state index contributed by atoms with van der Waals surface area (Å²) in [6.07, 6.45) is 7.09. The molecule has 1 aliphatic carbocycles. The third-order valence-electron chi connectivity index (χ3n) is 11.5. The van der Waals surface area contributed by atoms with Gasteiger partial charge in [-0.3, -0.25) is 0 Å². The quantitative estimate of drug-likeness (QED) is 0.0624. The normalized spacial score (nSPS) is 13.6. The van der Waals surface area contributed by atoms with Crippen molar-refractivity contribution in [1.29, 1.82) is 5.41 Å². The van der Waals surface area contributed by atoms with Gasteiger partial charge in [0.15, 0.2) is 0 Å². The summed E-state index contributed by atoms with van der Waals surface area (Å²) in [6.45, 7) is 8.42. The fourth-order valence-corrected chi connectivity index (χ4v) is 7.66. The van der Waals surface area contributed by atoms with Crippen LogP contribution < -0.4 is 4.74 Å². The summed E-state index contributed by atoms with van der Waals surface area (Å²) in [6, 6.07) is 34.0. The number of aryl methyl sites for hydroxylation is 1. The number of rotatable bonds is 13. The fourth-order valence-electron chi connectivity index (χ4n) is 7.66. The number of benzene rings is 6. The molecule has 1 saturated carbocycles. The first-order chi connectivity index (χ1) is 27.3. The van der Waals surface area contributed by atoms with E-state index in [1.54, 1.807) is 0 Å². The minimum Gasteiger partial charge on any atom is -0.491 e. The molecule has 3 N–H and O–H groups in total. The van der Waals surface area contributed by atoms with Crippen LogP contribution in [0.1, 0.15) is 67.3 Å². The number of nitrogens with one attached hydrogen (secondary N) is 1. The summed E-state index contributed by atoms with van der Waals surface area (Å²) >= 11 is 0. The van der Waals surface area contributed by atoms with E-state index in [1.165, 1.54) is 31.5 Å². The highest BCUT2D eigenvalue weighted by atomic mass is 19.1. The van der Waals surface area contributed by atoms with Gasteiger partial charge in [-0.15, -0.1) is 0 Å². The summed E-state index contributed by atoms with van der Waals surface area (Å²) in [5.74, 6) is 7.42. The van der Waals surface area contributed by atoms with Gasteiger partial charge in [0.05, 0.1) is 18.8 Å². The van der Waals surface area contributed by atoms with Gasteiger partial charge in [-0.1, -0.05) is 92.8 Å². The van der Waals surface area contributed by atoms with Gasteiger partial charge in [0.2, 0.25) is 0 Å². The summed E-state index contributed by atoms with van der Waals surface area (Å²) in [4.78, 5) is 0. The first-order valence-electron chi connectivity index (χ1n) is 19.6. The lowest BCUT2D eigenvalue weighted by molar-refractivity contribution is -0.0192. The van der Waals surface area contributed by atoms with Crippen molar-refractivity contribution in [2.45, 2.75) is 52.9 Å². The third kappa shape index (κ3) is 9.03. The van der Waals surface area contributed by atoms with E-state index < -0.39 is 0 Å². The highest BCUT2D eigenvalue weighted by molar-refractivity contribution is 6.05. The molecule has 0 bridgehead atoms. The van der Waals surface area contributed by atoms with Crippen LogP contribution in [-0.4, -0.2) is 50.0 Å². The maximum absolute atomic E-state index is 15.7. The van der Waals surface area contributed by atoms with Crippen molar-refractivity contribution in [2.75, 3.05) is 33.5 Å². The van der Waals surface area contributed by atoms with Crippen molar-refractivity contribution >= 4 is 27.8 Å². The van der Waals surface area contributed by atoms with Crippen LogP contribution in [0.25, 0.3) is 43.8 Å². The van der Waals surface area contributed by atoms with E-state index in [-0.39, 0.29) is 17.8 Å². The Morgan fingerprint density at radius 2 is 1.55 bits per heavy atom. The maximum Gasteiger partial charge on any atom is 0.139 e. The van der Waals surface area contributed by atoms with Crippen molar-refractivity contribution in [3.8, 4) is 39.8 Å². The number of aliphatic hydroxyl groups is 2. The smallest absolute Gasteiger partial charge is 0.139 e. The fraction of sp³-hybridized carbons (Fsp3) is 0.300. The molecule has 288 valence electrons. The molecule has 56 heavy (non-hydrogen) atoms. The van der Waals surface area contributed by atoms with Crippen LogP contribution >= 0.6 is 0 Å². The van der Waals surface area contributed by atoms with Crippen molar-refractivity contribution in [1.82, 2.24) is 0 Å². The molecular weight excluding hydrogens is 698 g/mol. The molecule has 0 spiro atoms. The Balaban J connectivity index is 0.00000262. The summed E-state index contributed by atoms with van der Waals surface area (Å²) in [7, 11) is 1.00. The van der Waals surface area contributed by atoms with Crippen LogP contribution in [0.15, 0.2) is 103 Å². The van der Waals surface area contributed by atoms with Crippen molar-refractivity contribution in [2.24, 2.45) is 11.3 Å². The molecule has 1 aliphatic rings. The number of halogens is 1. The van der Waals surface area contributed by atoms with Gasteiger partial charge in [0.25, 0.3) is 0 Å². The van der Waals surface area contributed by atoms with Gasteiger partial charge in [-0.2, -0.15) is 0 Å². The van der Waals surface area contributed by atoms with Gasteiger partial charge >= 0.3 is 0 Å². The lowest BCUT2D eigenvalue weighted by atomic mass is 9.65. The van der Waals surface area contributed by atoms with Crippen molar-refractivity contribution in [3.63, 3.8) is 0 Å². The lowest BCUT2D eigenvalue weighted by Gasteiger charge is -2.42. The Bertz CT molecular complexity index is 2350. The van der Waals surface area contributed by atoms with E-state index >= 15 is 4.39 Å². The average Bonchev–Trinajstić information content (AvgIpc) is 3.20. The molecule has 5 nitrogen and oxygen atoms in total. The summed E-state index contributed by atoms with van der Waals surface area (Å²) in [5.41, 5.74) is 7.75. The number of aliphatic hydroxyl groups excluding tert-OH is 2. The standard InChI is InChI=1S/C49H48FNO3.CH4O/c1-4-49(3,42-6-5-7-42)32-53-24-25-54-43-18-21-45-40(29-43)17-20-46(47(45)31-51)41-26-33(2)44(48(50)30-41)19-11-35-10-14-39-28-38(16-15-37(39)27-35)36-12-8-34(9-13-36)22-23-52;1-2/h8-10,12-18,20-21,26-31,42,51-52H,4-7,22-25,32H2,1-3H3;2H,1H3. The van der Waals surface area contributed by atoms with Gasteiger partial charge in [-0.05, 0) is 141 Å². The minimum atomic E-state index is -0.387. The first kappa shape index (κ1) is 40.3. The highest BCUT2D eigenvalue weighted by Crippen LogP contribution is 2.44. The molecule has 0 radical (unpaired) electrons. The van der Waals surface area contributed by atoms with Gasteiger partial charge < -0.3 is 25.1 Å². The van der Waals surface area contributed by atoms with E-state index in [0.717, 1.165) is 92.3 Å². The Kier molecular flexibility index (Phi) is 13.4. The highest BCUT2D eigenvalue weighted by Gasteiger charge is 2.36. The SMILES string of the molecule is CCC(C)(COCCOc1ccc2c(C=N)c(-c3cc(C)c(C#Cc4ccc5cc(-c6ccc(CCO)cc6)ccc5c4)c(F)c3)ccc2c1)C1CCC1.CO. The molecule has 1 unspecified atom stereocenters. The molecule has 1 atom stereocenters. The zero-order chi connectivity index (χ0) is 39.7. The Labute approximate surface area is 330 Å². The van der Waals surface area contributed by atoms with Crippen LogP contribution in [0.3, 0.4) is 0 Å². The Hall–Kier alpha value is -5.32.